The van der Waals surface area contributed by atoms with E-state index in [0.29, 0.717) is 0 Å². The van der Waals surface area contributed by atoms with Gasteiger partial charge in [-0.1, -0.05) is 619 Å². The zero-order valence-electron chi connectivity index (χ0n) is 84.7. The van der Waals surface area contributed by atoms with Crippen LogP contribution in [0.1, 0.15) is 658 Å². The first-order valence-corrected chi connectivity index (χ1v) is 60.5. The number of hydrogen-bond donors (Lipinski definition) is 0. The minimum atomic E-state index is -4.12. The zero-order chi connectivity index (χ0) is 89.9. The molecular formula is C108H222FeO12P3. The van der Waals surface area contributed by atoms with Gasteiger partial charge in [0.2, 0.25) is 0 Å². The van der Waals surface area contributed by atoms with Gasteiger partial charge in [-0.2, -0.15) is 0 Å². The van der Waals surface area contributed by atoms with Crippen LogP contribution in [0.5, 0.6) is 0 Å². The summed E-state index contributed by atoms with van der Waals surface area (Å²) < 4.78 is 66.1. The van der Waals surface area contributed by atoms with Gasteiger partial charge in [-0.05, 0) is 38.5 Å². The van der Waals surface area contributed by atoms with Crippen LogP contribution in [0.3, 0.4) is 0 Å². The SMILES string of the molecule is CCCCCCCCCCCCCCCCCCOP(=O)([O-])OCCCCCCCCCCCCCCCCCC.CCCCCCCCCCCCCCCCCCOP(=O)([O-])OCCCCCCCCCCCCCCCCCC.CCCCCCCCCCCCCCCCCCOP(=O)([O-])OCCCCCCCCCCCCCCCCCC.[Fe+3]. The standard InChI is InChI=1S/3C36H75O4P.Fe/c3*1-3-5-7-9-11-13-15-17-19-21-23-25-27-29-31-33-35-39-41(37,38)40-36-34-32-30-28-26-24-22-20-18-16-14-12-10-8-6-4-2;/h3*3-36H2,1-2H3,(H,37,38);/q;;;+3/p-3. The summed E-state index contributed by atoms with van der Waals surface area (Å²) in [6.07, 6.45) is 126. The monoisotopic (exact) mass is 1860 g/mol. The Labute approximate surface area is 788 Å². The predicted molar refractivity (Wildman–Crippen MR) is 536 cm³/mol. The Balaban J connectivity index is -0.000000867. The molecule has 0 spiro atoms. The molecule has 0 unspecified atom stereocenters. The first-order valence-electron chi connectivity index (χ1n) is 56.2. The van der Waals surface area contributed by atoms with Crippen LogP contribution in [-0.4, -0.2) is 39.6 Å². The van der Waals surface area contributed by atoms with Crippen LogP contribution in [0.15, 0.2) is 0 Å². The van der Waals surface area contributed by atoms with Gasteiger partial charge in [0.05, 0.1) is 39.6 Å². The molecule has 0 aliphatic rings. The molecule has 0 bridgehead atoms. The van der Waals surface area contributed by atoms with Gasteiger partial charge in [-0.15, -0.1) is 0 Å². The van der Waals surface area contributed by atoms with E-state index >= 15 is 0 Å². The summed E-state index contributed by atoms with van der Waals surface area (Å²) in [7, 11) is -12.4. The summed E-state index contributed by atoms with van der Waals surface area (Å²) in [6, 6.07) is 0. The van der Waals surface area contributed by atoms with Crippen molar-refractivity contribution in [1.82, 2.24) is 0 Å². The molecule has 1 radical (unpaired) electrons. The molecule has 0 rings (SSSR count). The molecule has 0 aromatic rings. The first kappa shape index (κ1) is 131. The molecule has 12 nitrogen and oxygen atoms in total. The van der Waals surface area contributed by atoms with Crippen LogP contribution in [0, 0.1) is 0 Å². The van der Waals surface area contributed by atoms with Crippen molar-refractivity contribution in [2.75, 3.05) is 39.6 Å². The average Bonchev–Trinajstić information content (AvgIpc) is 0.950. The third kappa shape index (κ3) is 125. The summed E-state index contributed by atoms with van der Waals surface area (Å²) in [5.41, 5.74) is 0. The number of phosphoric ester groups is 3. The normalized spacial score (nSPS) is 11.9. The second kappa shape index (κ2) is 116. The van der Waals surface area contributed by atoms with Crippen LogP contribution in [0.25, 0.3) is 0 Å². The van der Waals surface area contributed by atoms with Crippen molar-refractivity contribution >= 4 is 23.5 Å². The Bertz CT molecular complexity index is 1680. The Kier molecular flexibility index (Phi) is 123. The maximum absolute atomic E-state index is 11.9. The maximum atomic E-state index is 11.9. The largest absolute Gasteiger partial charge is 3.00 e. The molecule has 0 aromatic carbocycles. The molecule has 0 aromatic heterocycles. The molecule has 0 saturated heterocycles. The summed E-state index contributed by atoms with van der Waals surface area (Å²) in [5.74, 6) is 0. The molecule has 124 heavy (non-hydrogen) atoms. The van der Waals surface area contributed by atoms with Crippen LogP contribution in [0.2, 0.25) is 0 Å². The fraction of sp³-hybridized carbons (Fsp3) is 1.00. The van der Waals surface area contributed by atoms with Crippen LogP contribution >= 0.6 is 23.5 Å². The molecule has 0 fully saturated rings. The maximum Gasteiger partial charge on any atom is 3.00 e. The minimum Gasteiger partial charge on any atom is -0.756 e. The van der Waals surface area contributed by atoms with Crippen LogP contribution in [-0.2, 0) is 57.9 Å². The molecule has 0 aliphatic heterocycles. The van der Waals surface area contributed by atoms with Gasteiger partial charge in [-0.3, -0.25) is 13.7 Å². The van der Waals surface area contributed by atoms with Gasteiger partial charge in [0.1, 0.15) is 0 Å². The smallest absolute Gasteiger partial charge is 0.756 e. The van der Waals surface area contributed by atoms with Gasteiger partial charge in [0.15, 0.2) is 0 Å². The molecule has 0 amide bonds. The molecule has 0 heterocycles. The van der Waals surface area contributed by atoms with Gasteiger partial charge < -0.3 is 41.8 Å². The molecule has 0 atom stereocenters. The third-order valence-corrected chi connectivity index (χ3v) is 28.5. The van der Waals surface area contributed by atoms with Gasteiger partial charge in [0.25, 0.3) is 23.5 Å². The number of hydrogen-bond acceptors (Lipinski definition) is 12. The summed E-state index contributed by atoms with van der Waals surface area (Å²) >= 11 is 0. The number of unbranched alkanes of at least 4 members (excludes halogenated alkanes) is 90. The second-order valence-electron chi connectivity index (χ2n) is 38.2. The van der Waals surface area contributed by atoms with Gasteiger partial charge >= 0.3 is 17.1 Å². The van der Waals surface area contributed by atoms with E-state index in [-0.39, 0.29) is 56.7 Å². The Morgan fingerprint density at radius 2 is 0.177 bits per heavy atom. The fourth-order valence-electron chi connectivity index (χ4n) is 17.1. The fourth-order valence-corrected chi connectivity index (χ4v) is 19.4. The Hall–Kier alpha value is 0.849. The quantitative estimate of drug-likeness (QED) is 0.0320. The Morgan fingerprint density at radius 1 is 0.121 bits per heavy atom. The number of rotatable bonds is 108. The van der Waals surface area contributed by atoms with Crippen molar-refractivity contribution in [1.29, 1.82) is 0 Å². The third-order valence-electron chi connectivity index (χ3n) is 25.5. The van der Waals surface area contributed by atoms with E-state index in [0.717, 1.165) is 77.0 Å². The van der Waals surface area contributed by atoms with Crippen molar-refractivity contribution in [2.24, 2.45) is 0 Å². The van der Waals surface area contributed by atoms with E-state index in [1.165, 1.54) is 539 Å². The van der Waals surface area contributed by atoms with Gasteiger partial charge in [-0.25, -0.2) is 0 Å². The van der Waals surface area contributed by atoms with Crippen molar-refractivity contribution in [3.8, 4) is 0 Å². The van der Waals surface area contributed by atoms with E-state index in [9.17, 15) is 28.4 Å². The van der Waals surface area contributed by atoms with E-state index in [1.807, 2.05) is 0 Å². The summed E-state index contributed by atoms with van der Waals surface area (Å²) in [5, 5.41) is 0. The van der Waals surface area contributed by atoms with E-state index in [4.69, 9.17) is 27.1 Å². The average molecular weight is 1860 g/mol. The molecule has 749 valence electrons. The van der Waals surface area contributed by atoms with Crippen molar-refractivity contribution in [3.05, 3.63) is 0 Å². The summed E-state index contributed by atoms with van der Waals surface area (Å²) in [4.78, 5) is 35.8. The van der Waals surface area contributed by atoms with Crippen molar-refractivity contribution in [2.45, 2.75) is 658 Å². The van der Waals surface area contributed by atoms with Crippen LogP contribution in [0.4, 0.5) is 0 Å². The van der Waals surface area contributed by atoms with E-state index in [1.54, 1.807) is 0 Å². The molecule has 16 heteroatoms. The molecule has 0 aliphatic carbocycles. The first-order chi connectivity index (χ1) is 60.4. The predicted octanol–water partition coefficient (Wildman–Crippen LogP) is 39.0. The topological polar surface area (TPSA) is 176 Å². The van der Waals surface area contributed by atoms with Crippen molar-refractivity contribution in [3.63, 3.8) is 0 Å². The van der Waals surface area contributed by atoms with Crippen LogP contribution < -0.4 is 14.7 Å². The van der Waals surface area contributed by atoms with Crippen molar-refractivity contribution < 1.29 is 72.6 Å². The van der Waals surface area contributed by atoms with E-state index in [2.05, 4.69) is 41.5 Å². The zero-order valence-corrected chi connectivity index (χ0v) is 88.5. The van der Waals surface area contributed by atoms with E-state index < -0.39 is 23.5 Å². The molecular weight excluding hydrogens is 1640 g/mol. The molecule has 0 saturated carbocycles. The minimum absolute atomic E-state index is 0. The van der Waals surface area contributed by atoms with Gasteiger partial charge in [0, 0.05) is 0 Å². The second-order valence-corrected chi connectivity index (χ2v) is 42.4. The summed E-state index contributed by atoms with van der Waals surface area (Å²) in [6.45, 7) is 15.2. The number of phosphoric acid groups is 3. The molecule has 0 N–H and O–H groups in total. The Morgan fingerprint density at radius 3 is 0.242 bits per heavy atom.